The van der Waals surface area contributed by atoms with Gasteiger partial charge in [0, 0.05) is 23.5 Å². The van der Waals surface area contributed by atoms with Crippen LogP contribution in [0, 0.1) is 26.7 Å². The van der Waals surface area contributed by atoms with Gasteiger partial charge in [0.25, 0.3) is 0 Å². The molecule has 1 fully saturated rings. The Morgan fingerprint density at radius 1 is 1.19 bits per heavy atom. The topological polar surface area (TPSA) is 66.3 Å². The van der Waals surface area contributed by atoms with Crippen molar-refractivity contribution in [1.29, 1.82) is 0 Å². The van der Waals surface area contributed by atoms with Crippen molar-refractivity contribution in [1.82, 2.24) is 9.97 Å². The van der Waals surface area contributed by atoms with Crippen molar-refractivity contribution in [2.45, 2.75) is 33.6 Å². The largest absolute Gasteiger partial charge is 0.481 e. The summed E-state index contributed by atoms with van der Waals surface area (Å²) < 4.78 is 0. The van der Waals surface area contributed by atoms with Crippen LogP contribution in [0.5, 0.6) is 0 Å². The highest BCUT2D eigenvalue weighted by Crippen LogP contribution is 2.42. The molecule has 27 heavy (non-hydrogen) atoms. The smallest absolute Gasteiger partial charge is 0.308 e. The summed E-state index contributed by atoms with van der Waals surface area (Å²) >= 11 is 1.68. The van der Waals surface area contributed by atoms with Crippen molar-refractivity contribution in [3.63, 3.8) is 0 Å². The fraction of sp³-hybridized carbons (Fsp3) is 0.381. The minimum atomic E-state index is -0.720. The number of fused-ring (bicyclic) bond motifs is 1. The van der Waals surface area contributed by atoms with Gasteiger partial charge in [0.05, 0.1) is 11.3 Å². The van der Waals surface area contributed by atoms with Crippen molar-refractivity contribution in [3.8, 4) is 11.1 Å². The van der Waals surface area contributed by atoms with Crippen LogP contribution in [0.4, 0.5) is 5.82 Å². The highest BCUT2D eigenvalue weighted by atomic mass is 32.1. The number of nitrogens with zero attached hydrogens (tertiary/aromatic N) is 3. The normalized spacial score (nSPS) is 17.4. The molecule has 140 valence electrons. The molecule has 3 heterocycles. The summed E-state index contributed by atoms with van der Waals surface area (Å²) in [6, 6.07) is 8.52. The van der Waals surface area contributed by atoms with E-state index in [4.69, 9.17) is 4.98 Å². The summed E-state index contributed by atoms with van der Waals surface area (Å²) in [5.74, 6) is 0.545. The van der Waals surface area contributed by atoms with E-state index in [-0.39, 0.29) is 5.92 Å². The molecule has 4 rings (SSSR count). The van der Waals surface area contributed by atoms with Crippen molar-refractivity contribution in [2.24, 2.45) is 5.92 Å². The van der Waals surface area contributed by atoms with Gasteiger partial charge >= 0.3 is 5.97 Å². The Morgan fingerprint density at radius 3 is 2.63 bits per heavy atom. The Hall–Kier alpha value is -2.47. The fourth-order valence-electron chi connectivity index (χ4n) is 3.87. The van der Waals surface area contributed by atoms with Crippen LogP contribution >= 0.6 is 11.3 Å². The maximum absolute atomic E-state index is 11.5. The van der Waals surface area contributed by atoms with Gasteiger partial charge in [-0.15, -0.1) is 11.3 Å². The number of benzene rings is 1. The lowest BCUT2D eigenvalue weighted by Gasteiger charge is -2.32. The number of carboxylic acids is 1. The Kier molecular flexibility index (Phi) is 4.60. The van der Waals surface area contributed by atoms with Crippen LogP contribution in [0.2, 0.25) is 0 Å². The number of carboxylic acid groups (broad SMARTS) is 1. The standard InChI is InChI=1S/C21H23N3O2S/c1-12-6-8-15(9-7-12)17-13(2)27-20-18(17)19(22-14(3)23-20)24-10-4-5-16(11-24)21(25)26/h6-9,16H,4-5,10-11H2,1-3H3,(H,25,26). The number of carbonyl (C=O) groups is 1. The molecule has 1 aliphatic heterocycles. The second-order valence-electron chi connectivity index (χ2n) is 7.30. The van der Waals surface area contributed by atoms with Gasteiger partial charge in [-0.05, 0) is 39.2 Å². The number of aliphatic carboxylic acids is 1. The molecular weight excluding hydrogens is 358 g/mol. The first-order valence-electron chi connectivity index (χ1n) is 9.26. The van der Waals surface area contributed by atoms with Gasteiger partial charge in [-0.25, -0.2) is 9.97 Å². The summed E-state index contributed by atoms with van der Waals surface area (Å²) in [6.07, 6.45) is 1.59. The van der Waals surface area contributed by atoms with E-state index in [1.807, 2.05) is 6.92 Å². The molecule has 1 saturated heterocycles. The number of hydrogen-bond acceptors (Lipinski definition) is 5. The van der Waals surface area contributed by atoms with E-state index in [1.165, 1.54) is 16.0 Å². The number of anilines is 1. The van der Waals surface area contributed by atoms with Crippen molar-refractivity contribution < 1.29 is 9.90 Å². The van der Waals surface area contributed by atoms with E-state index >= 15 is 0 Å². The SMILES string of the molecule is Cc1ccc(-c2c(C)sc3nc(C)nc(N4CCCC(C(=O)O)C4)c23)cc1. The highest BCUT2D eigenvalue weighted by Gasteiger charge is 2.29. The van der Waals surface area contributed by atoms with Crippen LogP contribution in [0.3, 0.4) is 0 Å². The number of rotatable bonds is 3. The molecule has 2 aromatic heterocycles. The first kappa shape index (κ1) is 17.9. The predicted molar refractivity (Wildman–Crippen MR) is 110 cm³/mol. The molecule has 1 atom stereocenters. The number of aryl methyl sites for hydroxylation is 3. The Bertz CT molecular complexity index is 1010. The zero-order valence-electron chi connectivity index (χ0n) is 15.8. The Balaban J connectivity index is 1.90. The summed E-state index contributed by atoms with van der Waals surface area (Å²) in [5, 5.41) is 10.5. The highest BCUT2D eigenvalue weighted by molar-refractivity contribution is 7.19. The molecule has 0 radical (unpaired) electrons. The van der Waals surface area contributed by atoms with E-state index in [0.29, 0.717) is 6.54 Å². The van der Waals surface area contributed by atoms with Crippen LogP contribution in [0.15, 0.2) is 24.3 Å². The average molecular weight is 382 g/mol. The van der Waals surface area contributed by atoms with Crippen molar-refractivity contribution in [2.75, 3.05) is 18.0 Å². The molecule has 0 bridgehead atoms. The molecule has 0 spiro atoms. The summed E-state index contributed by atoms with van der Waals surface area (Å²) in [4.78, 5) is 25.3. The molecule has 1 N–H and O–H groups in total. The second kappa shape index (κ2) is 6.93. The molecule has 3 aromatic rings. The van der Waals surface area contributed by atoms with Gasteiger partial charge in [-0.1, -0.05) is 29.8 Å². The third-order valence-corrected chi connectivity index (χ3v) is 6.23. The lowest BCUT2D eigenvalue weighted by molar-refractivity contribution is -0.141. The van der Waals surface area contributed by atoms with E-state index in [2.05, 4.69) is 48.0 Å². The van der Waals surface area contributed by atoms with Crippen molar-refractivity contribution >= 4 is 33.3 Å². The molecule has 5 nitrogen and oxygen atoms in total. The third-order valence-electron chi connectivity index (χ3n) is 5.23. The monoisotopic (exact) mass is 381 g/mol. The lowest BCUT2D eigenvalue weighted by Crippen LogP contribution is -2.39. The molecule has 1 aliphatic rings. The zero-order valence-corrected chi connectivity index (χ0v) is 16.6. The molecule has 1 unspecified atom stereocenters. The summed E-state index contributed by atoms with van der Waals surface area (Å²) in [6.45, 7) is 7.44. The van der Waals surface area contributed by atoms with Gasteiger partial charge in [-0.2, -0.15) is 0 Å². The number of piperidine rings is 1. The first-order chi connectivity index (χ1) is 12.9. The van der Waals surface area contributed by atoms with Gasteiger partial charge in [0.15, 0.2) is 0 Å². The molecule has 6 heteroatoms. The zero-order chi connectivity index (χ0) is 19.1. The van der Waals surface area contributed by atoms with Crippen LogP contribution in [0.25, 0.3) is 21.3 Å². The quantitative estimate of drug-likeness (QED) is 0.719. The molecular formula is C21H23N3O2S. The number of thiophene rings is 1. The minimum absolute atomic E-state index is 0.341. The van der Waals surface area contributed by atoms with Crippen LogP contribution < -0.4 is 4.90 Å². The predicted octanol–water partition coefficient (Wildman–Crippen LogP) is 4.58. The van der Waals surface area contributed by atoms with Crippen LogP contribution in [-0.2, 0) is 4.79 Å². The second-order valence-corrected chi connectivity index (χ2v) is 8.50. The van der Waals surface area contributed by atoms with E-state index in [0.717, 1.165) is 46.8 Å². The maximum atomic E-state index is 11.5. The van der Waals surface area contributed by atoms with Crippen LogP contribution in [0.1, 0.15) is 29.1 Å². The molecule has 0 saturated carbocycles. The van der Waals surface area contributed by atoms with Gasteiger partial charge in [0.1, 0.15) is 16.5 Å². The molecule has 0 aliphatic carbocycles. The number of hydrogen-bond donors (Lipinski definition) is 1. The fourth-order valence-corrected chi connectivity index (χ4v) is 4.95. The Labute approximate surface area is 162 Å². The lowest BCUT2D eigenvalue weighted by atomic mass is 9.97. The first-order valence-corrected chi connectivity index (χ1v) is 10.1. The van der Waals surface area contributed by atoms with E-state index in [1.54, 1.807) is 11.3 Å². The van der Waals surface area contributed by atoms with E-state index in [9.17, 15) is 9.90 Å². The van der Waals surface area contributed by atoms with E-state index < -0.39 is 5.97 Å². The number of aromatic nitrogens is 2. The van der Waals surface area contributed by atoms with Crippen molar-refractivity contribution in [3.05, 3.63) is 40.5 Å². The minimum Gasteiger partial charge on any atom is -0.481 e. The van der Waals surface area contributed by atoms with Gasteiger partial charge < -0.3 is 10.0 Å². The average Bonchev–Trinajstić information content (AvgIpc) is 2.97. The Morgan fingerprint density at radius 2 is 1.93 bits per heavy atom. The van der Waals surface area contributed by atoms with Crippen LogP contribution in [-0.4, -0.2) is 34.1 Å². The molecule has 1 aromatic carbocycles. The maximum Gasteiger partial charge on any atom is 0.308 e. The van der Waals surface area contributed by atoms with Gasteiger partial charge in [0.2, 0.25) is 0 Å². The van der Waals surface area contributed by atoms with Gasteiger partial charge in [-0.3, -0.25) is 4.79 Å². The summed E-state index contributed by atoms with van der Waals surface area (Å²) in [5.41, 5.74) is 3.55. The molecule has 0 amide bonds. The third kappa shape index (κ3) is 3.30. The summed E-state index contributed by atoms with van der Waals surface area (Å²) in [7, 11) is 0.